The van der Waals surface area contributed by atoms with Crippen LogP contribution in [0.25, 0.3) is 0 Å². The molecule has 1 aromatic rings. The van der Waals surface area contributed by atoms with E-state index in [1.165, 1.54) is 63.6 Å². The van der Waals surface area contributed by atoms with Crippen molar-refractivity contribution >= 4 is 0 Å². The minimum atomic E-state index is 0.228. The molecule has 0 bridgehead atoms. The van der Waals surface area contributed by atoms with Crippen molar-refractivity contribution in [3.63, 3.8) is 0 Å². The van der Waals surface area contributed by atoms with Gasteiger partial charge in [0, 0.05) is 12.1 Å². The summed E-state index contributed by atoms with van der Waals surface area (Å²) < 4.78 is 0. The van der Waals surface area contributed by atoms with E-state index in [4.69, 9.17) is 5.73 Å². The van der Waals surface area contributed by atoms with Crippen LogP contribution in [0.3, 0.4) is 0 Å². The predicted molar refractivity (Wildman–Crippen MR) is 84.9 cm³/mol. The van der Waals surface area contributed by atoms with E-state index in [0.717, 1.165) is 13.0 Å². The number of hydrogen-bond acceptors (Lipinski definition) is 2. The minimum absolute atomic E-state index is 0.228. The first-order chi connectivity index (χ1) is 9.84. The first kappa shape index (κ1) is 14.1. The minimum Gasteiger partial charge on any atom is -0.329 e. The molecule has 0 radical (unpaired) electrons. The fourth-order valence-corrected chi connectivity index (χ4v) is 4.08. The zero-order chi connectivity index (χ0) is 13.8. The van der Waals surface area contributed by atoms with Gasteiger partial charge < -0.3 is 5.73 Å². The quantitative estimate of drug-likeness (QED) is 0.896. The first-order valence-corrected chi connectivity index (χ1v) is 8.36. The lowest BCUT2D eigenvalue weighted by Gasteiger charge is -2.47. The molecule has 2 heteroatoms. The van der Waals surface area contributed by atoms with Crippen LogP contribution in [0.1, 0.15) is 49.7 Å². The molecule has 1 aromatic carbocycles. The standard InChI is InChI=1S/C18H28N2/c19-15-18(20-12-6-2-1-3-7-13-20)11-10-16-8-4-5-9-17(16)14-18/h4-5,8-9H,1-3,6-7,10-15,19H2. The Labute approximate surface area is 123 Å². The lowest BCUT2D eigenvalue weighted by molar-refractivity contribution is 0.0703. The molecule has 0 saturated carbocycles. The maximum atomic E-state index is 6.27. The number of likely N-dealkylation sites (tertiary alicyclic amines) is 1. The average molecular weight is 272 g/mol. The van der Waals surface area contributed by atoms with Crippen molar-refractivity contribution in [2.75, 3.05) is 19.6 Å². The lowest BCUT2D eigenvalue weighted by atomic mass is 9.76. The summed E-state index contributed by atoms with van der Waals surface area (Å²) in [6.45, 7) is 3.31. The van der Waals surface area contributed by atoms with Gasteiger partial charge in [0.25, 0.3) is 0 Å². The van der Waals surface area contributed by atoms with Crippen LogP contribution >= 0.6 is 0 Å². The number of aryl methyl sites for hydroxylation is 1. The molecule has 1 heterocycles. The average Bonchev–Trinajstić information content (AvgIpc) is 2.46. The molecular weight excluding hydrogens is 244 g/mol. The Kier molecular flexibility index (Phi) is 4.42. The van der Waals surface area contributed by atoms with Gasteiger partial charge in [0.2, 0.25) is 0 Å². The third kappa shape index (κ3) is 2.77. The fourth-order valence-electron chi connectivity index (χ4n) is 4.08. The van der Waals surface area contributed by atoms with Gasteiger partial charge in [0.15, 0.2) is 0 Å². The molecule has 20 heavy (non-hydrogen) atoms. The molecule has 1 saturated heterocycles. The SMILES string of the molecule is NCC1(N2CCCCCCC2)CCc2ccccc2C1. The number of rotatable bonds is 2. The Morgan fingerprint density at radius 1 is 0.950 bits per heavy atom. The molecule has 1 atom stereocenters. The molecule has 1 fully saturated rings. The van der Waals surface area contributed by atoms with Gasteiger partial charge in [0.05, 0.1) is 0 Å². The summed E-state index contributed by atoms with van der Waals surface area (Å²) in [6, 6.07) is 8.95. The van der Waals surface area contributed by atoms with Crippen LogP contribution in [0, 0.1) is 0 Å². The Bertz CT molecular complexity index is 435. The van der Waals surface area contributed by atoms with E-state index >= 15 is 0 Å². The Hall–Kier alpha value is -0.860. The van der Waals surface area contributed by atoms with E-state index in [1.54, 1.807) is 5.56 Å². The molecule has 0 amide bonds. The summed E-state index contributed by atoms with van der Waals surface area (Å²) in [7, 11) is 0. The topological polar surface area (TPSA) is 29.3 Å². The molecule has 2 N–H and O–H groups in total. The summed E-state index contributed by atoms with van der Waals surface area (Å²) in [5.41, 5.74) is 9.58. The highest BCUT2D eigenvalue weighted by molar-refractivity contribution is 5.32. The van der Waals surface area contributed by atoms with E-state index in [9.17, 15) is 0 Å². The number of fused-ring (bicyclic) bond motifs is 1. The van der Waals surface area contributed by atoms with E-state index in [0.29, 0.717) is 0 Å². The largest absolute Gasteiger partial charge is 0.329 e. The van der Waals surface area contributed by atoms with Gasteiger partial charge in [-0.2, -0.15) is 0 Å². The van der Waals surface area contributed by atoms with Gasteiger partial charge in [-0.3, -0.25) is 4.90 Å². The highest BCUT2D eigenvalue weighted by Crippen LogP contribution is 2.34. The Morgan fingerprint density at radius 2 is 1.60 bits per heavy atom. The number of nitrogens with two attached hydrogens (primary N) is 1. The normalized spacial score (nSPS) is 28.4. The molecule has 0 spiro atoms. The van der Waals surface area contributed by atoms with E-state index in [1.807, 2.05) is 0 Å². The van der Waals surface area contributed by atoms with Crippen molar-refractivity contribution in [1.82, 2.24) is 4.90 Å². The smallest absolute Gasteiger partial charge is 0.0375 e. The van der Waals surface area contributed by atoms with Crippen LogP contribution in [0.5, 0.6) is 0 Å². The van der Waals surface area contributed by atoms with Crippen LogP contribution in [0.2, 0.25) is 0 Å². The van der Waals surface area contributed by atoms with Crippen LogP contribution in [0.15, 0.2) is 24.3 Å². The molecule has 1 aliphatic carbocycles. The van der Waals surface area contributed by atoms with Gasteiger partial charge in [-0.25, -0.2) is 0 Å². The van der Waals surface area contributed by atoms with Crippen molar-refractivity contribution in [3.8, 4) is 0 Å². The molecule has 110 valence electrons. The van der Waals surface area contributed by atoms with Gasteiger partial charge in [-0.05, 0) is 56.3 Å². The van der Waals surface area contributed by atoms with Crippen LogP contribution in [0.4, 0.5) is 0 Å². The summed E-state index contributed by atoms with van der Waals surface area (Å²) in [4.78, 5) is 2.74. The molecule has 3 rings (SSSR count). The van der Waals surface area contributed by atoms with E-state index in [2.05, 4.69) is 29.2 Å². The van der Waals surface area contributed by atoms with Crippen LogP contribution in [-0.4, -0.2) is 30.1 Å². The van der Waals surface area contributed by atoms with Crippen molar-refractivity contribution in [2.24, 2.45) is 5.73 Å². The Balaban J connectivity index is 1.81. The van der Waals surface area contributed by atoms with Gasteiger partial charge >= 0.3 is 0 Å². The maximum absolute atomic E-state index is 6.27. The third-order valence-electron chi connectivity index (χ3n) is 5.40. The second kappa shape index (κ2) is 6.28. The van der Waals surface area contributed by atoms with Crippen molar-refractivity contribution in [3.05, 3.63) is 35.4 Å². The zero-order valence-electron chi connectivity index (χ0n) is 12.6. The van der Waals surface area contributed by atoms with E-state index < -0.39 is 0 Å². The molecule has 1 unspecified atom stereocenters. The molecular formula is C18H28N2. The summed E-state index contributed by atoms with van der Waals surface area (Å²) in [6.07, 6.45) is 10.5. The lowest BCUT2D eigenvalue weighted by Crippen LogP contribution is -2.57. The monoisotopic (exact) mass is 272 g/mol. The van der Waals surface area contributed by atoms with Gasteiger partial charge in [0.1, 0.15) is 0 Å². The highest BCUT2D eigenvalue weighted by atomic mass is 15.2. The Morgan fingerprint density at radius 3 is 2.30 bits per heavy atom. The summed E-state index contributed by atoms with van der Waals surface area (Å²) in [5.74, 6) is 0. The second-order valence-corrected chi connectivity index (χ2v) is 6.63. The second-order valence-electron chi connectivity index (χ2n) is 6.63. The van der Waals surface area contributed by atoms with E-state index in [-0.39, 0.29) is 5.54 Å². The third-order valence-corrected chi connectivity index (χ3v) is 5.40. The first-order valence-electron chi connectivity index (χ1n) is 8.36. The molecule has 2 aliphatic rings. The highest BCUT2D eigenvalue weighted by Gasteiger charge is 2.38. The number of hydrogen-bond donors (Lipinski definition) is 1. The van der Waals surface area contributed by atoms with Crippen molar-refractivity contribution in [1.29, 1.82) is 0 Å². The predicted octanol–water partition coefficient (Wildman–Crippen LogP) is 3.14. The van der Waals surface area contributed by atoms with Gasteiger partial charge in [-0.1, -0.05) is 43.5 Å². The summed E-state index contributed by atoms with van der Waals surface area (Å²) >= 11 is 0. The molecule has 0 aromatic heterocycles. The fraction of sp³-hybridized carbons (Fsp3) is 0.667. The van der Waals surface area contributed by atoms with Crippen molar-refractivity contribution in [2.45, 2.75) is 56.9 Å². The van der Waals surface area contributed by atoms with Crippen molar-refractivity contribution < 1.29 is 0 Å². The maximum Gasteiger partial charge on any atom is 0.0375 e. The molecule has 2 nitrogen and oxygen atoms in total. The van der Waals surface area contributed by atoms with Gasteiger partial charge in [-0.15, -0.1) is 0 Å². The summed E-state index contributed by atoms with van der Waals surface area (Å²) in [5, 5.41) is 0. The van der Waals surface area contributed by atoms with Crippen LogP contribution < -0.4 is 5.73 Å². The number of benzene rings is 1. The molecule has 1 aliphatic heterocycles. The number of nitrogens with zero attached hydrogens (tertiary/aromatic N) is 1. The zero-order valence-corrected chi connectivity index (χ0v) is 12.6. The van der Waals surface area contributed by atoms with Crippen LogP contribution in [-0.2, 0) is 12.8 Å².